The predicted molar refractivity (Wildman–Crippen MR) is 158 cm³/mol. The number of aromatic hydroxyl groups is 1. The monoisotopic (exact) mass is 521 g/mol. The van der Waals surface area contributed by atoms with Gasteiger partial charge in [0.05, 0.1) is 6.10 Å². The summed E-state index contributed by atoms with van der Waals surface area (Å²) in [6, 6.07) is 8.18. The summed E-state index contributed by atoms with van der Waals surface area (Å²) in [6.07, 6.45) is 17.6. The number of aliphatic hydroxyl groups is 1. The van der Waals surface area contributed by atoms with Crippen molar-refractivity contribution in [2.24, 2.45) is 5.41 Å². The number of hydrogen-bond acceptors (Lipinski definition) is 3. The molecule has 1 amide bonds. The highest BCUT2D eigenvalue weighted by Gasteiger charge is 2.49. The zero-order valence-corrected chi connectivity index (χ0v) is 24.2. The Morgan fingerprint density at radius 3 is 2.45 bits per heavy atom. The van der Waals surface area contributed by atoms with E-state index in [9.17, 15) is 15.0 Å². The highest BCUT2D eigenvalue weighted by molar-refractivity contribution is 5.89. The van der Waals surface area contributed by atoms with E-state index < -0.39 is 0 Å². The molecule has 2 aliphatic carbocycles. The third kappa shape index (κ3) is 6.55. The molecule has 2 aromatic rings. The number of amides is 1. The lowest BCUT2D eigenvalue weighted by Crippen LogP contribution is -2.36. The van der Waals surface area contributed by atoms with Crippen molar-refractivity contribution >= 4 is 16.7 Å². The first-order chi connectivity index (χ1) is 18.3. The van der Waals surface area contributed by atoms with Gasteiger partial charge in [-0.15, -0.1) is 0 Å². The molecule has 0 spiro atoms. The zero-order valence-electron chi connectivity index (χ0n) is 24.2. The molecule has 0 saturated heterocycles. The van der Waals surface area contributed by atoms with Gasteiger partial charge in [-0.3, -0.25) is 4.79 Å². The molecule has 0 bridgehead atoms. The average Bonchev–Trinajstić information content (AvgIpc) is 3.21. The summed E-state index contributed by atoms with van der Waals surface area (Å²) in [7, 11) is 1.94. The van der Waals surface area contributed by atoms with Crippen LogP contribution < -0.4 is 0 Å². The minimum absolute atomic E-state index is 0.00187. The Morgan fingerprint density at radius 2 is 1.71 bits per heavy atom. The number of nitrogens with zero attached hydrogens (tertiary/aromatic N) is 1. The number of carbonyl (C=O) groups is 1. The number of hydrogen-bond donors (Lipinski definition) is 2. The number of unbranched alkanes of at least 4 members (excludes halogenated alkanes) is 8. The summed E-state index contributed by atoms with van der Waals surface area (Å²) in [4.78, 5) is 14.0. The molecule has 2 aliphatic rings. The SMILES string of the molecule is CCCCN(C)C(=O)CCCCCCCCCCc1cc2cc(O)ccc2c2c1C1CC[C@H](O)[C@@]1(C)CC2. The van der Waals surface area contributed by atoms with Gasteiger partial charge in [0, 0.05) is 25.4 Å². The maximum atomic E-state index is 12.1. The Labute approximate surface area is 230 Å². The highest BCUT2D eigenvalue weighted by atomic mass is 16.3. The molecule has 0 radical (unpaired) electrons. The summed E-state index contributed by atoms with van der Waals surface area (Å²) in [6.45, 7) is 5.36. The quantitative estimate of drug-likeness (QED) is 0.247. The second-order valence-corrected chi connectivity index (χ2v) is 12.5. The van der Waals surface area contributed by atoms with Crippen LogP contribution in [0.4, 0.5) is 0 Å². The fourth-order valence-electron chi connectivity index (χ4n) is 7.25. The van der Waals surface area contributed by atoms with Crippen LogP contribution in [0.25, 0.3) is 10.8 Å². The number of fused-ring (bicyclic) bond motifs is 5. The standard InChI is InChI=1S/C34H51NO3/c1-4-5-22-35(3)32(38)15-13-11-9-7-6-8-10-12-14-25-23-26-24-27(36)16-17-28(26)29-20-21-34(2)30(33(25)29)18-19-31(34)37/h16-17,23-24,30-31,36-37H,4-15,18-22H2,1-3H3/t30?,31-,34-/m0/s1. The molecule has 38 heavy (non-hydrogen) atoms. The van der Waals surface area contributed by atoms with Gasteiger partial charge in [-0.2, -0.15) is 0 Å². The van der Waals surface area contributed by atoms with Gasteiger partial charge >= 0.3 is 0 Å². The molecule has 1 saturated carbocycles. The molecule has 3 atom stereocenters. The molecule has 4 heteroatoms. The highest BCUT2D eigenvalue weighted by Crippen LogP contribution is 2.57. The number of benzene rings is 2. The number of carbonyl (C=O) groups excluding carboxylic acids is 1. The summed E-state index contributed by atoms with van der Waals surface area (Å²) in [5, 5.41) is 23.4. The minimum Gasteiger partial charge on any atom is -0.508 e. The van der Waals surface area contributed by atoms with Crippen molar-refractivity contribution in [2.75, 3.05) is 13.6 Å². The van der Waals surface area contributed by atoms with E-state index >= 15 is 0 Å². The minimum atomic E-state index is -0.191. The molecule has 1 fully saturated rings. The number of phenolic OH excluding ortho intramolecular Hbond substituents is 1. The Kier molecular flexibility index (Phi) is 10.1. The van der Waals surface area contributed by atoms with Crippen LogP contribution in [0.1, 0.15) is 126 Å². The van der Waals surface area contributed by atoms with Crippen molar-refractivity contribution in [1.29, 1.82) is 0 Å². The summed E-state index contributed by atoms with van der Waals surface area (Å²) in [5.41, 5.74) is 4.46. The van der Waals surface area contributed by atoms with Crippen LogP contribution in [-0.4, -0.2) is 40.7 Å². The van der Waals surface area contributed by atoms with Crippen molar-refractivity contribution < 1.29 is 15.0 Å². The maximum absolute atomic E-state index is 12.1. The van der Waals surface area contributed by atoms with Gasteiger partial charge in [-0.05, 0) is 96.9 Å². The lowest BCUT2D eigenvalue weighted by atomic mass is 9.64. The number of phenols is 1. The number of rotatable bonds is 14. The van der Waals surface area contributed by atoms with Crippen molar-refractivity contribution in [3.63, 3.8) is 0 Å². The summed E-state index contributed by atoms with van der Waals surface area (Å²) in [5.74, 6) is 1.10. The molecule has 0 aliphatic heterocycles. The van der Waals surface area contributed by atoms with Gasteiger partial charge in [0.15, 0.2) is 0 Å². The first-order valence-electron chi connectivity index (χ1n) is 15.5. The molecular formula is C34H51NO3. The average molecular weight is 522 g/mol. The molecule has 210 valence electrons. The fourth-order valence-corrected chi connectivity index (χ4v) is 7.25. The number of aliphatic hydroxyl groups excluding tert-OH is 1. The van der Waals surface area contributed by atoms with Crippen molar-refractivity contribution in [3.05, 3.63) is 41.0 Å². The lowest BCUT2D eigenvalue weighted by Gasteiger charge is -2.41. The van der Waals surface area contributed by atoms with E-state index in [4.69, 9.17) is 0 Å². The normalized spacial score (nSPS) is 22.4. The van der Waals surface area contributed by atoms with Gasteiger partial charge in [-0.1, -0.05) is 70.9 Å². The molecular weight excluding hydrogens is 470 g/mol. The maximum Gasteiger partial charge on any atom is 0.222 e. The van der Waals surface area contributed by atoms with E-state index in [0.717, 1.165) is 69.7 Å². The van der Waals surface area contributed by atoms with E-state index in [1.54, 1.807) is 0 Å². The van der Waals surface area contributed by atoms with Crippen molar-refractivity contribution in [2.45, 2.75) is 129 Å². The molecule has 2 aromatic carbocycles. The topological polar surface area (TPSA) is 60.8 Å². The van der Waals surface area contributed by atoms with Crippen LogP contribution in [0, 0.1) is 5.41 Å². The largest absolute Gasteiger partial charge is 0.508 e. The van der Waals surface area contributed by atoms with Crippen molar-refractivity contribution in [3.8, 4) is 5.75 Å². The van der Waals surface area contributed by atoms with E-state index in [1.165, 1.54) is 60.6 Å². The van der Waals surface area contributed by atoms with E-state index in [-0.39, 0.29) is 11.5 Å². The summed E-state index contributed by atoms with van der Waals surface area (Å²) >= 11 is 0. The third-order valence-electron chi connectivity index (χ3n) is 9.77. The Morgan fingerprint density at radius 1 is 1.00 bits per heavy atom. The van der Waals surface area contributed by atoms with Crippen LogP contribution in [0.15, 0.2) is 24.3 Å². The van der Waals surface area contributed by atoms with Crippen LogP contribution in [0.3, 0.4) is 0 Å². The van der Waals surface area contributed by atoms with E-state index in [2.05, 4.69) is 26.0 Å². The summed E-state index contributed by atoms with van der Waals surface area (Å²) < 4.78 is 0. The van der Waals surface area contributed by atoms with Crippen LogP contribution in [0.2, 0.25) is 0 Å². The van der Waals surface area contributed by atoms with Gasteiger partial charge in [-0.25, -0.2) is 0 Å². The third-order valence-corrected chi connectivity index (χ3v) is 9.77. The van der Waals surface area contributed by atoms with Gasteiger partial charge in [0.2, 0.25) is 5.91 Å². The second-order valence-electron chi connectivity index (χ2n) is 12.5. The van der Waals surface area contributed by atoms with Crippen LogP contribution >= 0.6 is 0 Å². The van der Waals surface area contributed by atoms with Gasteiger partial charge in [0.25, 0.3) is 0 Å². The first-order valence-corrected chi connectivity index (χ1v) is 15.5. The smallest absolute Gasteiger partial charge is 0.222 e. The Hall–Kier alpha value is -2.07. The fraction of sp³-hybridized carbons (Fsp3) is 0.676. The first kappa shape index (κ1) is 28.9. The molecule has 4 rings (SSSR count). The molecule has 2 N–H and O–H groups in total. The Bertz CT molecular complexity index is 1080. The lowest BCUT2D eigenvalue weighted by molar-refractivity contribution is -0.130. The predicted octanol–water partition coefficient (Wildman–Crippen LogP) is 8.05. The zero-order chi connectivity index (χ0) is 27.1. The Balaban J connectivity index is 1.25. The van der Waals surface area contributed by atoms with Crippen molar-refractivity contribution in [1.82, 2.24) is 4.90 Å². The van der Waals surface area contributed by atoms with E-state index in [0.29, 0.717) is 24.0 Å². The van der Waals surface area contributed by atoms with E-state index in [1.807, 2.05) is 24.1 Å². The molecule has 0 aromatic heterocycles. The van der Waals surface area contributed by atoms with Gasteiger partial charge in [0.1, 0.15) is 5.75 Å². The second kappa shape index (κ2) is 13.3. The molecule has 1 unspecified atom stereocenters. The van der Waals surface area contributed by atoms with Crippen LogP contribution in [0.5, 0.6) is 5.75 Å². The van der Waals surface area contributed by atoms with Crippen LogP contribution in [-0.2, 0) is 17.6 Å². The number of aryl methyl sites for hydroxylation is 2. The van der Waals surface area contributed by atoms with Gasteiger partial charge < -0.3 is 15.1 Å². The molecule has 0 heterocycles. The molecule has 4 nitrogen and oxygen atoms in total.